The standard InChI is InChI=1S/C18H13N.C18H12N.C4H3NO3.Ir/c2*1-12-10-17-15-8-3-2-6-13(15)14-7-4-5-9-16(14)18(17)19-11-12;6-4(7)3-1-8-2-5-3;/h2-11H,1H3;2-8,10-11H,1H3;1-2H,(H,6,7);/q;-1;;. The van der Waals surface area contributed by atoms with Crippen LogP contribution in [-0.2, 0) is 20.1 Å². The Hall–Kier alpha value is -5.49. The van der Waals surface area contributed by atoms with E-state index in [1.807, 2.05) is 24.5 Å². The fraction of sp³-hybridized carbons (Fsp3) is 0.0500. The molecule has 1 N–H and O–H groups in total. The van der Waals surface area contributed by atoms with Gasteiger partial charge in [-0.1, -0.05) is 89.6 Å². The maximum Gasteiger partial charge on any atom is 0.357 e. The molecule has 0 saturated heterocycles. The number of rotatable bonds is 1. The number of hydrogen-bond donors (Lipinski definition) is 1. The molecule has 47 heavy (non-hydrogen) atoms. The summed E-state index contributed by atoms with van der Waals surface area (Å²) in [4.78, 5) is 22.6. The SMILES string of the molecule is Cc1cnc2c3[c-]cccc3c3ccccc3c2c1.Cc1cnc2c3ccccc3c3ccccc3c2c1.O=C(O)c1cocn1.[Ir]. The molecule has 9 aromatic rings. The van der Waals surface area contributed by atoms with Gasteiger partial charge in [-0.3, -0.25) is 4.98 Å². The Morgan fingerprint density at radius 2 is 1.09 bits per heavy atom. The zero-order valence-electron chi connectivity index (χ0n) is 25.6. The van der Waals surface area contributed by atoms with Crippen molar-refractivity contribution in [3.05, 3.63) is 151 Å². The van der Waals surface area contributed by atoms with E-state index >= 15 is 0 Å². The molecule has 3 heterocycles. The summed E-state index contributed by atoms with van der Waals surface area (Å²) in [6.07, 6.45) is 6.02. The summed E-state index contributed by atoms with van der Waals surface area (Å²) < 4.78 is 4.38. The molecule has 0 saturated carbocycles. The number of hydrogen-bond acceptors (Lipinski definition) is 5. The van der Waals surface area contributed by atoms with Gasteiger partial charge < -0.3 is 14.5 Å². The molecule has 0 unspecified atom stereocenters. The molecule has 0 aliphatic heterocycles. The van der Waals surface area contributed by atoms with Crippen LogP contribution < -0.4 is 0 Å². The monoisotopic (exact) mass is 791 g/mol. The zero-order valence-corrected chi connectivity index (χ0v) is 28.0. The van der Waals surface area contributed by atoms with Gasteiger partial charge in [-0.2, -0.15) is 0 Å². The first kappa shape index (κ1) is 31.5. The molecular weight excluding hydrogens is 763 g/mol. The van der Waals surface area contributed by atoms with Crippen LogP contribution in [0.4, 0.5) is 0 Å². The molecule has 6 nitrogen and oxygen atoms in total. The average molecular weight is 791 g/mol. The molecule has 0 bridgehead atoms. The average Bonchev–Trinajstić information content (AvgIpc) is 3.65. The Kier molecular flexibility index (Phi) is 9.03. The molecule has 0 spiro atoms. The molecule has 9 rings (SSSR count). The van der Waals surface area contributed by atoms with Crippen molar-refractivity contribution in [1.82, 2.24) is 15.0 Å². The molecular formula is C40H28IrN3O3-. The van der Waals surface area contributed by atoms with Gasteiger partial charge in [-0.25, -0.2) is 9.78 Å². The molecule has 0 aliphatic rings. The van der Waals surface area contributed by atoms with Crippen LogP contribution in [0.2, 0.25) is 0 Å². The largest absolute Gasteiger partial charge is 0.476 e. The van der Waals surface area contributed by atoms with Crippen molar-refractivity contribution < 1.29 is 34.4 Å². The second-order valence-corrected chi connectivity index (χ2v) is 11.1. The van der Waals surface area contributed by atoms with E-state index in [0.717, 1.165) is 29.1 Å². The second kappa shape index (κ2) is 13.5. The maximum absolute atomic E-state index is 9.94. The van der Waals surface area contributed by atoms with E-state index in [1.165, 1.54) is 59.6 Å². The minimum Gasteiger partial charge on any atom is -0.476 e. The first-order chi connectivity index (χ1) is 22.5. The number of fused-ring (bicyclic) bond motifs is 12. The first-order valence-electron chi connectivity index (χ1n) is 14.8. The van der Waals surface area contributed by atoms with Gasteiger partial charge in [0.05, 0.1) is 5.52 Å². The molecule has 0 fully saturated rings. The Bertz CT molecular complexity index is 2320. The van der Waals surface area contributed by atoms with E-state index in [9.17, 15) is 4.79 Å². The van der Waals surface area contributed by atoms with Crippen LogP contribution in [0.3, 0.4) is 0 Å². The van der Waals surface area contributed by atoms with Crippen molar-refractivity contribution in [1.29, 1.82) is 0 Å². The van der Waals surface area contributed by atoms with Gasteiger partial charge in [0.15, 0.2) is 12.1 Å². The number of carboxylic acid groups (broad SMARTS) is 1. The van der Waals surface area contributed by atoms with Gasteiger partial charge in [-0.15, -0.1) is 29.7 Å². The number of aryl methyl sites for hydroxylation is 2. The zero-order chi connectivity index (χ0) is 31.6. The van der Waals surface area contributed by atoms with Gasteiger partial charge >= 0.3 is 5.97 Å². The fourth-order valence-electron chi connectivity index (χ4n) is 5.97. The fourth-order valence-corrected chi connectivity index (χ4v) is 5.97. The number of carbonyl (C=O) groups is 1. The van der Waals surface area contributed by atoms with Crippen LogP contribution in [0.1, 0.15) is 21.6 Å². The molecule has 0 atom stereocenters. The molecule has 6 aromatic carbocycles. The smallest absolute Gasteiger partial charge is 0.357 e. The number of benzene rings is 6. The van der Waals surface area contributed by atoms with Crippen molar-refractivity contribution in [2.24, 2.45) is 0 Å². The van der Waals surface area contributed by atoms with Crippen LogP contribution in [0.25, 0.3) is 64.9 Å². The summed E-state index contributed by atoms with van der Waals surface area (Å²) in [7, 11) is 0. The van der Waals surface area contributed by atoms with E-state index < -0.39 is 5.97 Å². The summed E-state index contributed by atoms with van der Waals surface area (Å²) in [5.41, 5.74) is 4.46. The summed E-state index contributed by atoms with van der Waals surface area (Å²) in [5, 5.41) is 20.6. The molecule has 0 amide bonds. The van der Waals surface area contributed by atoms with Gasteiger partial charge in [-0.05, 0) is 63.5 Å². The molecule has 3 aromatic heterocycles. The van der Waals surface area contributed by atoms with E-state index in [0.29, 0.717) is 0 Å². The van der Waals surface area contributed by atoms with Crippen molar-refractivity contribution in [2.75, 3.05) is 0 Å². The third-order valence-electron chi connectivity index (χ3n) is 7.99. The molecule has 0 aliphatic carbocycles. The predicted molar refractivity (Wildman–Crippen MR) is 185 cm³/mol. The van der Waals surface area contributed by atoms with Crippen molar-refractivity contribution >= 4 is 70.9 Å². The Morgan fingerprint density at radius 3 is 1.62 bits per heavy atom. The number of aromatic carboxylic acids is 1. The minimum atomic E-state index is -1.07. The van der Waals surface area contributed by atoms with Crippen LogP contribution in [0, 0.1) is 19.9 Å². The third-order valence-corrected chi connectivity index (χ3v) is 7.99. The topological polar surface area (TPSA) is 89.1 Å². The van der Waals surface area contributed by atoms with Crippen LogP contribution in [0.15, 0.2) is 133 Å². The summed E-state index contributed by atoms with van der Waals surface area (Å²) in [5.74, 6) is -1.07. The van der Waals surface area contributed by atoms with E-state index in [2.05, 4.69) is 130 Å². The quantitative estimate of drug-likeness (QED) is 0.132. The van der Waals surface area contributed by atoms with Crippen molar-refractivity contribution in [3.63, 3.8) is 0 Å². The third kappa shape index (κ3) is 6.07. The van der Waals surface area contributed by atoms with Crippen LogP contribution >= 0.6 is 0 Å². The summed E-state index contributed by atoms with van der Waals surface area (Å²) in [6, 6.07) is 39.5. The number of carboxylic acids is 1. The maximum atomic E-state index is 9.94. The molecule has 231 valence electrons. The first-order valence-corrected chi connectivity index (χ1v) is 14.8. The number of nitrogens with zero attached hydrogens (tertiary/aromatic N) is 3. The number of pyridine rings is 2. The van der Waals surface area contributed by atoms with E-state index in [4.69, 9.17) is 5.11 Å². The molecule has 1 radical (unpaired) electrons. The van der Waals surface area contributed by atoms with Gasteiger partial charge in [0.2, 0.25) is 0 Å². The number of aromatic nitrogens is 3. The Labute approximate surface area is 284 Å². The molecule has 7 heteroatoms. The van der Waals surface area contributed by atoms with Crippen molar-refractivity contribution in [3.8, 4) is 0 Å². The van der Waals surface area contributed by atoms with Gasteiger partial charge in [0, 0.05) is 43.3 Å². The normalized spacial score (nSPS) is 10.8. The summed E-state index contributed by atoms with van der Waals surface area (Å²) in [6.45, 7) is 4.18. The Morgan fingerprint density at radius 1 is 0.617 bits per heavy atom. The van der Waals surface area contributed by atoms with Crippen molar-refractivity contribution in [2.45, 2.75) is 13.8 Å². The predicted octanol–water partition coefficient (Wildman–Crippen LogP) is 9.87. The second-order valence-electron chi connectivity index (χ2n) is 11.1. The number of oxazole rings is 1. The van der Waals surface area contributed by atoms with Gasteiger partial charge in [0.25, 0.3) is 0 Å². The Balaban J connectivity index is 0.000000132. The minimum absolute atomic E-state index is 0. The van der Waals surface area contributed by atoms with Gasteiger partial charge in [0.1, 0.15) is 6.26 Å². The van der Waals surface area contributed by atoms with Crippen LogP contribution in [0.5, 0.6) is 0 Å². The van der Waals surface area contributed by atoms with Crippen LogP contribution in [-0.4, -0.2) is 26.0 Å². The van der Waals surface area contributed by atoms with E-state index in [-0.39, 0.29) is 25.8 Å². The summed E-state index contributed by atoms with van der Waals surface area (Å²) >= 11 is 0. The van der Waals surface area contributed by atoms with E-state index in [1.54, 1.807) is 0 Å².